The minimum atomic E-state index is 0.0205. The number of unbranched alkanes of at least 4 members (excludes halogenated alkanes) is 7. The largest absolute Gasteiger partial charge is 0.244 e. The van der Waals surface area contributed by atoms with Crippen LogP contribution in [-0.2, 0) is 18.4 Å². The summed E-state index contributed by atoms with van der Waals surface area (Å²) < 4.78 is 4.87. The van der Waals surface area contributed by atoms with Crippen LogP contribution in [0.5, 0.6) is 0 Å². The maximum atomic E-state index is 2.47. The average Bonchev–Trinajstić information content (AvgIpc) is 3.30. The summed E-state index contributed by atoms with van der Waals surface area (Å²) >= 11 is 0. The molecule has 0 aliphatic heterocycles. The first-order chi connectivity index (χ1) is 16.2. The highest BCUT2D eigenvalue weighted by Gasteiger charge is 2.39. The number of aryl methyl sites for hydroxylation is 1. The lowest BCUT2D eigenvalue weighted by Crippen LogP contribution is -2.37. The zero-order valence-corrected chi connectivity index (χ0v) is 21.3. The Labute approximate surface area is 202 Å². The van der Waals surface area contributed by atoms with E-state index in [-0.39, 0.29) is 5.41 Å². The first-order valence-electron chi connectivity index (χ1n) is 13.3. The molecule has 0 saturated carbocycles. The second-order valence-corrected chi connectivity index (χ2v) is 9.94. The van der Waals surface area contributed by atoms with Gasteiger partial charge in [0.2, 0.25) is 6.33 Å². The smallest absolute Gasteiger partial charge is 0.237 e. The van der Waals surface area contributed by atoms with E-state index in [2.05, 4.69) is 109 Å². The highest BCUT2D eigenvalue weighted by atomic mass is 15.1. The molecule has 0 spiro atoms. The van der Waals surface area contributed by atoms with Gasteiger partial charge in [-0.25, -0.2) is 9.13 Å². The van der Waals surface area contributed by atoms with Crippen LogP contribution in [0.3, 0.4) is 0 Å². The van der Waals surface area contributed by atoms with Crippen molar-refractivity contribution >= 4 is 0 Å². The van der Waals surface area contributed by atoms with E-state index < -0.39 is 0 Å². The summed E-state index contributed by atoms with van der Waals surface area (Å²) in [5, 5.41) is 0. The van der Waals surface area contributed by atoms with Crippen LogP contribution in [0.25, 0.3) is 0 Å². The molecule has 0 N–H and O–H groups in total. The second kappa shape index (κ2) is 13.4. The van der Waals surface area contributed by atoms with Crippen molar-refractivity contribution < 1.29 is 4.57 Å². The zero-order chi connectivity index (χ0) is 23.4. The van der Waals surface area contributed by atoms with Gasteiger partial charge in [-0.05, 0) is 36.8 Å². The molecule has 1 aromatic heterocycles. The zero-order valence-electron chi connectivity index (χ0n) is 21.3. The highest BCUT2D eigenvalue weighted by Crippen LogP contribution is 2.40. The number of imidazole rings is 1. The van der Waals surface area contributed by atoms with Gasteiger partial charge in [-0.2, -0.15) is 0 Å². The first-order valence-corrected chi connectivity index (χ1v) is 13.3. The second-order valence-electron chi connectivity index (χ2n) is 9.94. The van der Waals surface area contributed by atoms with Gasteiger partial charge in [-0.1, -0.05) is 120 Å². The third-order valence-electron chi connectivity index (χ3n) is 7.31. The quantitative estimate of drug-likeness (QED) is 0.165. The Hall–Kier alpha value is -2.35. The number of hydrogen-bond donors (Lipinski definition) is 0. The van der Waals surface area contributed by atoms with Gasteiger partial charge in [0.15, 0.2) is 0 Å². The molecule has 1 heterocycles. The van der Waals surface area contributed by atoms with Gasteiger partial charge in [0.05, 0.1) is 6.54 Å². The van der Waals surface area contributed by atoms with Crippen molar-refractivity contribution in [3.05, 3.63) is 90.5 Å². The molecule has 2 heteroatoms. The van der Waals surface area contributed by atoms with E-state index in [4.69, 9.17) is 0 Å². The van der Waals surface area contributed by atoms with Gasteiger partial charge in [0.25, 0.3) is 0 Å². The molecule has 2 atom stereocenters. The van der Waals surface area contributed by atoms with Gasteiger partial charge in [-0.3, -0.25) is 0 Å². The normalized spacial score (nSPS) is 14.2. The van der Waals surface area contributed by atoms with Crippen LogP contribution in [-0.4, -0.2) is 4.57 Å². The molecule has 3 rings (SSSR count). The lowest BCUT2D eigenvalue weighted by atomic mass is 9.70. The summed E-state index contributed by atoms with van der Waals surface area (Å²) in [5.41, 5.74) is 2.84. The molecule has 2 nitrogen and oxygen atoms in total. The number of nitrogens with zero attached hydrogens (tertiary/aromatic N) is 2. The molecule has 0 aliphatic rings. The van der Waals surface area contributed by atoms with Crippen molar-refractivity contribution in [3.8, 4) is 0 Å². The van der Waals surface area contributed by atoms with Gasteiger partial charge in [-0.15, -0.1) is 0 Å². The molecule has 3 aromatic rings. The molecular formula is C31H45N2+. The van der Waals surface area contributed by atoms with Crippen LogP contribution >= 0.6 is 0 Å². The van der Waals surface area contributed by atoms with Crippen LogP contribution < -0.4 is 4.57 Å². The van der Waals surface area contributed by atoms with E-state index in [0.717, 1.165) is 19.4 Å². The lowest BCUT2D eigenvalue weighted by Gasteiger charge is -2.36. The minimum Gasteiger partial charge on any atom is -0.237 e. The standard InChI is InChI=1S/C31H45N2/c1-4-6-7-8-9-10-11-18-23-32-24-25-33(27-32)30(5-2)31(3,29-21-16-13-17-22-29)26-28-19-14-12-15-20-28/h12-17,19-22,24-25,27,30H,4-11,18,23,26H2,1-3H3/q+1. The number of aromatic nitrogens is 2. The van der Waals surface area contributed by atoms with Crippen LogP contribution in [0, 0.1) is 0 Å². The van der Waals surface area contributed by atoms with E-state index in [0.29, 0.717) is 6.04 Å². The Bertz CT molecular complexity index is 899. The van der Waals surface area contributed by atoms with Crippen molar-refractivity contribution in [3.63, 3.8) is 0 Å². The van der Waals surface area contributed by atoms with Crippen molar-refractivity contribution in [2.75, 3.05) is 0 Å². The molecule has 33 heavy (non-hydrogen) atoms. The highest BCUT2D eigenvalue weighted by molar-refractivity contribution is 5.30. The summed E-state index contributed by atoms with van der Waals surface area (Å²) in [6, 6.07) is 22.5. The SMILES string of the molecule is CCCCCCCCCC[n+]1ccn(C(CC)C(C)(Cc2ccccc2)c2ccccc2)c1. The Kier molecular flexibility index (Phi) is 10.2. The van der Waals surface area contributed by atoms with Gasteiger partial charge >= 0.3 is 0 Å². The first kappa shape index (κ1) is 25.3. The molecule has 2 aromatic carbocycles. The van der Waals surface area contributed by atoms with Crippen molar-refractivity contribution in [2.45, 2.75) is 103 Å². The van der Waals surface area contributed by atoms with Crippen LogP contribution in [0.15, 0.2) is 79.4 Å². The summed E-state index contributed by atoms with van der Waals surface area (Å²) in [4.78, 5) is 0. The third kappa shape index (κ3) is 7.32. The van der Waals surface area contributed by atoms with Crippen molar-refractivity contribution in [1.29, 1.82) is 0 Å². The van der Waals surface area contributed by atoms with Gasteiger partial charge < -0.3 is 0 Å². The maximum absolute atomic E-state index is 2.47. The molecule has 178 valence electrons. The van der Waals surface area contributed by atoms with Crippen LogP contribution in [0.4, 0.5) is 0 Å². The molecule has 0 saturated heterocycles. The number of rotatable bonds is 15. The monoisotopic (exact) mass is 445 g/mol. The predicted molar refractivity (Wildman–Crippen MR) is 141 cm³/mol. The molecule has 0 amide bonds. The fourth-order valence-electron chi connectivity index (χ4n) is 5.40. The minimum absolute atomic E-state index is 0.0205. The summed E-state index contributed by atoms with van der Waals surface area (Å²) in [6.07, 6.45) is 20.0. The summed E-state index contributed by atoms with van der Waals surface area (Å²) in [6.45, 7) is 8.20. The fraction of sp³-hybridized carbons (Fsp3) is 0.516. The fourth-order valence-corrected chi connectivity index (χ4v) is 5.40. The molecule has 0 aliphatic carbocycles. The van der Waals surface area contributed by atoms with Gasteiger partial charge in [0.1, 0.15) is 18.4 Å². The van der Waals surface area contributed by atoms with E-state index >= 15 is 0 Å². The van der Waals surface area contributed by atoms with Crippen LogP contribution in [0.2, 0.25) is 0 Å². The van der Waals surface area contributed by atoms with E-state index in [1.165, 1.54) is 62.5 Å². The molecule has 0 radical (unpaired) electrons. The predicted octanol–water partition coefficient (Wildman–Crippen LogP) is 8.07. The summed E-state index contributed by atoms with van der Waals surface area (Å²) in [5.74, 6) is 0. The molecular weight excluding hydrogens is 400 g/mol. The number of benzene rings is 2. The third-order valence-corrected chi connectivity index (χ3v) is 7.31. The van der Waals surface area contributed by atoms with Crippen molar-refractivity contribution in [2.24, 2.45) is 0 Å². The van der Waals surface area contributed by atoms with Crippen LogP contribution in [0.1, 0.15) is 95.7 Å². The molecule has 0 bridgehead atoms. The average molecular weight is 446 g/mol. The Morgan fingerprint density at radius 3 is 2.03 bits per heavy atom. The molecule has 2 unspecified atom stereocenters. The van der Waals surface area contributed by atoms with E-state index in [1.807, 2.05) is 0 Å². The Morgan fingerprint density at radius 1 is 0.788 bits per heavy atom. The van der Waals surface area contributed by atoms with E-state index in [1.54, 1.807) is 0 Å². The summed E-state index contributed by atoms with van der Waals surface area (Å²) in [7, 11) is 0. The Balaban J connectivity index is 1.67. The van der Waals surface area contributed by atoms with Crippen molar-refractivity contribution in [1.82, 2.24) is 4.57 Å². The Morgan fingerprint density at radius 2 is 1.39 bits per heavy atom. The number of hydrogen-bond acceptors (Lipinski definition) is 0. The maximum Gasteiger partial charge on any atom is 0.244 e. The topological polar surface area (TPSA) is 8.81 Å². The van der Waals surface area contributed by atoms with Gasteiger partial charge in [0, 0.05) is 5.41 Å². The molecule has 0 fully saturated rings. The lowest BCUT2D eigenvalue weighted by molar-refractivity contribution is -0.697. The van der Waals surface area contributed by atoms with E-state index in [9.17, 15) is 0 Å².